The van der Waals surface area contributed by atoms with Gasteiger partial charge in [0, 0.05) is 10.6 Å². The van der Waals surface area contributed by atoms with Gasteiger partial charge in [0.1, 0.15) is 5.75 Å². The predicted molar refractivity (Wildman–Crippen MR) is 64.6 cm³/mol. The van der Waals surface area contributed by atoms with Gasteiger partial charge in [-0.25, -0.2) is 0 Å². The van der Waals surface area contributed by atoms with E-state index < -0.39 is 6.10 Å². The molecule has 1 unspecified atom stereocenters. The fraction of sp³-hybridized carbons (Fsp3) is 0.154. The molecule has 4 heteroatoms. The third-order valence-corrected chi connectivity index (χ3v) is 3.68. The van der Waals surface area contributed by atoms with Crippen LogP contribution in [-0.2, 0) is 0 Å². The number of furan rings is 1. The van der Waals surface area contributed by atoms with Crippen molar-refractivity contribution in [2.45, 2.75) is 11.0 Å². The zero-order chi connectivity index (χ0) is 11.7. The van der Waals surface area contributed by atoms with Gasteiger partial charge in [0.15, 0.2) is 11.9 Å². The van der Waals surface area contributed by atoms with Gasteiger partial charge in [-0.1, -0.05) is 12.1 Å². The Kier molecular flexibility index (Phi) is 2.65. The molecule has 2 heterocycles. The lowest BCUT2D eigenvalue weighted by Gasteiger charge is -2.23. The fourth-order valence-corrected chi connectivity index (χ4v) is 2.71. The van der Waals surface area contributed by atoms with Gasteiger partial charge in [-0.3, -0.25) is 4.79 Å². The van der Waals surface area contributed by atoms with E-state index in [9.17, 15) is 4.79 Å². The van der Waals surface area contributed by atoms with E-state index in [4.69, 9.17) is 9.15 Å². The highest BCUT2D eigenvalue weighted by Gasteiger charge is 2.28. The van der Waals surface area contributed by atoms with Crippen LogP contribution in [0.3, 0.4) is 0 Å². The average molecular weight is 246 g/mol. The first-order chi connectivity index (χ1) is 8.34. The number of ether oxygens (including phenoxy) is 1. The highest BCUT2D eigenvalue weighted by molar-refractivity contribution is 7.99. The Bertz CT molecular complexity index is 533. The van der Waals surface area contributed by atoms with Crippen LogP contribution in [0.25, 0.3) is 0 Å². The minimum atomic E-state index is -0.457. The summed E-state index contributed by atoms with van der Waals surface area (Å²) in [6.07, 6.45) is 1.04. The summed E-state index contributed by atoms with van der Waals surface area (Å²) in [6.45, 7) is 0. The van der Waals surface area contributed by atoms with E-state index in [1.165, 1.54) is 6.26 Å². The van der Waals surface area contributed by atoms with Crippen molar-refractivity contribution in [1.82, 2.24) is 0 Å². The van der Waals surface area contributed by atoms with Crippen molar-refractivity contribution in [2.24, 2.45) is 0 Å². The first kappa shape index (κ1) is 10.5. The molecular formula is C13H10O3S. The maximum atomic E-state index is 12.0. The van der Waals surface area contributed by atoms with Crippen LogP contribution in [0.5, 0.6) is 5.75 Å². The Balaban J connectivity index is 1.83. The second-order valence-electron chi connectivity index (χ2n) is 3.71. The second kappa shape index (κ2) is 4.30. The summed E-state index contributed by atoms with van der Waals surface area (Å²) in [5.41, 5.74) is 0. The predicted octanol–water partition coefficient (Wildman–Crippen LogP) is 3.02. The van der Waals surface area contributed by atoms with Gasteiger partial charge in [0.2, 0.25) is 5.78 Å². The maximum Gasteiger partial charge on any atom is 0.239 e. The molecule has 0 saturated carbocycles. The van der Waals surface area contributed by atoms with Crippen molar-refractivity contribution >= 4 is 17.5 Å². The number of hydrogen-bond donors (Lipinski definition) is 0. The molecular weight excluding hydrogens is 236 g/mol. The number of Topliss-reactive ketones (excluding diaryl/α,β-unsaturated/α-hetero) is 1. The van der Waals surface area contributed by atoms with Crippen molar-refractivity contribution in [3.05, 3.63) is 48.4 Å². The molecule has 0 aliphatic carbocycles. The van der Waals surface area contributed by atoms with Gasteiger partial charge in [0.25, 0.3) is 0 Å². The standard InChI is InChI=1S/C13H10O3S/c14-13(10-5-3-7-15-10)11-8-17-12-6-2-1-4-9(12)16-11/h1-7,11H,8H2. The molecule has 2 aromatic rings. The van der Waals surface area contributed by atoms with E-state index in [1.54, 1.807) is 23.9 Å². The van der Waals surface area contributed by atoms with Crippen LogP contribution in [-0.4, -0.2) is 17.6 Å². The topological polar surface area (TPSA) is 39.4 Å². The second-order valence-corrected chi connectivity index (χ2v) is 4.77. The van der Waals surface area contributed by atoms with E-state index in [0.29, 0.717) is 11.5 Å². The van der Waals surface area contributed by atoms with Crippen LogP contribution in [0.4, 0.5) is 0 Å². The number of benzene rings is 1. The van der Waals surface area contributed by atoms with Crippen molar-refractivity contribution in [3.8, 4) is 5.75 Å². The lowest BCUT2D eigenvalue weighted by atomic mass is 10.2. The summed E-state index contributed by atoms with van der Waals surface area (Å²) in [5.74, 6) is 1.65. The molecule has 1 aromatic carbocycles. The Hall–Kier alpha value is -1.68. The molecule has 3 nitrogen and oxygen atoms in total. The molecule has 1 aliphatic heterocycles. The number of hydrogen-bond acceptors (Lipinski definition) is 4. The number of carbonyl (C=O) groups excluding carboxylic acids is 1. The van der Waals surface area contributed by atoms with Crippen LogP contribution in [0.15, 0.2) is 52.0 Å². The van der Waals surface area contributed by atoms with E-state index >= 15 is 0 Å². The van der Waals surface area contributed by atoms with Crippen molar-refractivity contribution < 1.29 is 13.9 Å². The van der Waals surface area contributed by atoms with Gasteiger partial charge in [-0.2, -0.15) is 0 Å². The third kappa shape index (κ3) is 1.96. The summed E-state index contributed by atoms with van der Waals surface area (Å²) in [6, 6.07) is 11.1. The quantitative estimate of drug-likeness (QED) is 0.764. The van der Waals surface area contributed by atoms with Crippen LogP contribution in [0, 0.1) is 0 Å². The number of ketones is 1. The van der Waals surface area contributed by atoms with Gasteiger partial charge < -0.3 is 9.15 Å². The zero-order valence-electron chi connectivity index (χ0n) is 8.96. The summed E-state index contributed by atoms with van der Waals surface area (Å²) in [4.78, 5) is 13.1. The molecule has 1 aliphatic rings. The molecule has 0 fully saturated rings. The molecule has 0 amide bonds. The molecule has 86 valence electrons. The monoisotopic (exact) mass is 246 g/mol. The molecule has 3 rings (SSSR count). The number of fused-ring (bicyclic) bond motifs is 1. The first-order valence-corrected chi connectivity index (χ1v) is 6.29. The minimum Gasteiger partial charge on any atom is -0.480 e. The molecule has 0 N–H and O–H groups in total. The lowest BCUT2D eigenvalue weighted by molar-refractivity contribution is 0.0786. The number of rotatable bonds is 2. The lowest BCUT2D eigenvalue weighted by Crippen LogP contribution is -2.32. The molecule has 17 heavy (non-hydrogen) atoms. The van der Waals surface area contributed by atoms with Crippen molar-refractivity contribution in [3.63, 3.8) is 0 Å². The van der Waals surface area contributed by atoms with Crippen LogP contribution in [0.2, 0.25) is 0 Å². The summed E-state index contributed by atoms with van der Waals surface area (Å²) in [7, 11) is 0. The normalized spacial score (nSPS) is 18.2. The van der Waals surface area contributed by atoms with Crippen molar-refractivity contribution in [1.29, 1.82) is 0 Å². The highest BCUT2D eigenvalue weighted by Crippen LogP contribution is 2.35. The molecule has 0 spiro atoms. The fourth-order valence-electron chi connectivity index (χ4n) is 1.73. The van der Waals surface area contributed by atoms with Crippen molar-refractivity contribution in [2.75, 3.05) is 5.75 Å². The van der Waals surface area contributed by atoms with Gasteiger partial charge in [0.05, 0.1) is 6.26 Å². The van der Waals surface area contributed by atoms with E-state index in [-0.39, 0.29) is 5.78 Å². The number of para-hydroxylation sites is 1. The average Bonchev–Trinajstić information content (AvgIpc) is 2.91. The SMILES string of the molecule is O=C(c1ccco1)C1CSc2ccccc2O1. The number of thioether (sulfide) groups is 1. The maximum absolute atomic E-state index is 12.0. The van der Waals surface area contributed by atoms with E-state index in [1.807, 2.05) is 24.3 Å². The Morgan fingerprint density at radius 2 is 2.12 bits per heavy atom. The molecule has 0 bridgehead atoms. The first-order valence-electron chi connectivity index (χ1n) is 5.31. The van der Waals surface area contributed by atoms with Crippen LogP contribution in [0.1, 0.15) is 10.6 Å². The largest absolute Gasteiger partial charge is 0.480 e. The molecule has 0 saturated heterocycles. The molecule has 0 radical (unpaired) electrons. The Labute approximate surface area is 103 Å². The summed E-state index contributed by atoms with van der Waals surface area (Å²) >= 11 is 1.63. The summed E-state index contributed by atoms with van der Waals surface area (Å²) in [5, 5.41) is 0. The summed E-state index contributed by atoms with van der Waals surface area (Å²) < 4.78 is 10.8. The van der Waals surface area contributed by atoms with Crippen LogP contribution < -0.4 is 4.74 Å². The van der Waals surface area contributed by atoms with Gasteiger partial charge in [-0.05, 0) is 24.3 Å². The van der Waals surface area contributed by atoms with Crippen LogP contribution >= 0.6 is 11.8 Å². The van der Waals surface area contributed by atoms with Gasteiger partial charge >= 0.3 is 0 Å². The Morgan fingerprint density at radius 3 is 2.94 bits per heavy atom. The number of carbonyl (C=O) groups is 1. The highest BCUT2D eigenvalue weighted by atomic mass is 32.2. The Morgan fingerprint density at radius 1 is 1.24 bits per heavy atom. The van der Waals surface area contributed by atoms with Gasteiger partial charge in [-0.15, -0.1) is 11.8 Å². The minimum absolute atomic E-state index is 0.1000. The molecule has 1 atom stereocenters. The third-order valence-electron chi connectivity index (χ3n) is 2.57. The smallest absolute Gasteiger partial charge is 0.239 e. The molecule has 1 aromatic heterocycles. The van der Waals surface area contributed by atoms with E-state index in [0.717, 1.165) is 10.6 Å². The zero-order valence-corrected chi connectivity index (χ0v) is 9.78. The van der Waals surface area contributed by atoms with E-state index in [2.05, 4.69) is 0 Å².